The molecule has 29 heteroatoms. The molecule has 0 radical (unpaired) electrons. The quantitative estimate of drug-likeness (QED) is 0.0221. The lowest BCUT2D eigenvalue weighted by molar-refractivity contribution is -0.271. The number of carbonyl (C=O) groups excluding carboxylic acids is 10. The molecule has 104 heavy (non-hydrogen) atoms. The molecule has 576 valence electrons. The van der Waals surface area contributed by atoms with Crippen molar-refractivity contribution in [1.29, 1.82) is 0 Å². The first-order valence-corrected chi connectivity index (χ1v) is 35.9. The summed E-state index contributed by atoms with van der Waals surface area (Å²) in [5.74, 6) is -3.72. The molecular formula is C75H108N6O23. The van der Waals surface area contributed by atoms with E-state index in [2.05, 4.69) is 38.8 Å². The van der Waals surface area contributed by atoms with Gasteiger partial charge in [-0.3, -0.25) is 43.2 Å². The summed E-state index contributed by atoms with van der Waals surface area (Å²) < 4.78 is 76.1. The van der Waals surface area contributed by atoms with E-state index < -0.39 is 98.4 Å². The zero-order valence-corrected chi connectivity index (χ0v) is 62.0. The van der Waals surface area contributed by atoms with Crippen molar-refractivity contribution < 1.29 is 110 Å². The van der Waals surface area contributed by atoms with Crippen molar-refractivity contribution in [3.63, 3.8) is 0 Å². The minimum Gasteiger partial charge on any atom is -0.484 e. The molecule has 15 atom stereocenters. The Kier molecular flexibility index (Phi) is 35.5. The maximum absolute atomic E-state index is 13.8. The third-order valence-corrected chi connectivity index (χ3v) is 18.8. The summed E-state index contributed by atoms with van der Waals surface area (Å²) >= 11 is 0. The molecule has 3 heterocycles. The van der Waals surface area contributed by atoms with Gasteiger partial charge in [-0.05, 0) is 105 Å². The predicted octanol–water partition coefficient (Wildman–Crippen LogP) is 5.82. The maximum Gasteiger partial charge on any atom is 0.338 e. The second kappa shape index (κ2) is 43.7. The van der Waals surface area contributed by atoms with E-state index in [9.17, 15) is 47.9 Å². The lowest BCUT2D eigenvalue weighted by Gasteiger charge is -2.43. The van der Waals surface area contributed by atoms with Gasteiger partial charge in [0.15, 0.2) is 44.6 Å². The van der Waals surface area contributed by atoms with Crippen LogP contribution in [0.3, 0.4) is 0 Å². The van der Waals surface area contributed by atoms with Crippen molar-refractivity contribution in [3.05, 3.63) is 77.9 Å². The van der Waals surface area contributed by atoms with E-state index in [0.717, 1.165) is 5.56 Å². The Morgan fingerprint density at radius 3 is 1.19 bits per heavy atom. The summed E-state index contributed by atoms with van der Waals surface area (Å²) in [6.07, 6.45) is -2.44. The van der Waals surface area contributed by atoms with E-state index in [-0.39, 0.29) is 186 Å². The second-order valence-electron chi connectivity index (χ2n) is 26.8. The molecular weight excluding hydrogens is 1350 g/mol. The number of carbonyl (C=O) groups is 10. The lowest BCUT2D eigenvalue weighted by Crippen LogP contribution is -2.51. The smallest absolute Gasteiger partial charge is 0.338 e. The van der Waals surface area contributed by atoms with Gasteiger partial charge in [0.1, 0.15) is 36.1 Å². The predicted molar refractivity (Wildman–Crippen MR) is 377 cm³/mol. The van der Waals surface area contributed by atoms with E-state index in [4.69, 9.17) is 61.6 Å². The van der Waals surface area contributed by atoms with Crippen LogP contribution in [0.25, 0.3) is 11.1 Å². The number of rotatable bonds is 41. The molecule has 3 aromatic carbocycles. The fraction of sp³-hybridized carbons (Fsp3) is 0.627. The molecule has 29 nitrogen and oxygen atoms in total. The molecule has 3 aromatic rings. The summed E-state index contributed by atoms with van der Waals surface area (Å²) in [6, 6.07) is 18.1. The summed E-state index contributed by atoms with van der Waals surface area (Å²) in [6.45, 7) is 21.7. The van der Waals surface area contributed by atoms with E-state index in [1.165, 1.54) is 39.0 Å². The highest BCUT2D eigenvalue weighted by atomic mass is 16.7. The Balaban J connectivity index is 1.04. The molecule has 0 spiro atoms. The van der Waals surface area contributed by atoms with Crippen LogP contribution in [0.1, 0.15) is 138 Å². The number of ether oxygens (including phenoxy) is 13. The monoisotopic (exact) mass is 1460 g/mol. The van der Waals surface area contributed by atoms with Gasteiger partial charge in [-0.25, -0.2) is 4.79 Å². The summed E-state index contributed by atoms with van der Waals surface area (Å²) in [7, 11) is 0. The van der Waals surface area contributed by atoms with Crippen molar-refractivity contribution >= 4 is 59.3 Å². The van der Waals surface area contributed by atoms with Gasteiger partial charge in [-0.2, -0.15) is 0 Å². The Labute approximate surface area is 609 Å². The Bertz CT molecular complexity index is 3180. The van der Waals surface area contributed by atoms with Crippen molar-refractivity contribution in [2.24, 2.45) is 35.5 Å². The van der Waals surface area contributed by atoms with E-state index in [1.807, 2.05) is 61.5 Å². The molecule has 6 amide bonds. The van der Waals surface area contributed by atoms with Crippen LogP contribution in [0.2, 0.25) is 0 Å². The standard InChI is InChI=1S/C75H108N6O23/c1-44-47(4)70(102-53(10)82)63(99-50(44)7)40-92-30-16-21-64(85)76-24-27-79-67(88)41-95-60-34-57(33-59(37-60)73(91)98-39-56-19-14-13-15-20-56)58-35-61(96-42-68(89)80-28-25-77-65(86)22-17-31-93-74-71(103-54(11)83)48(5)45(2)51(8)100-74)38-62(36-58)97-43-69(90)81-29-26-78-66(87)23-18-32-94-75-72(104-55(12)84)49(6)46(3)52(9)101-75/h13-15,19-20,33-38,44-52,63,70-72,74-75H,16-18,21-32,39-43H2,1-12H3,(H,76,85)(H,77,86)(H,78,87)(H,79,88)(H,80,89)(H,81,90)/t44?,45?,46?,47-,48-,49-,50-,51-,52-,63?,70-,71-,72-,74?,75?/m0/s1. The highest BCUT2D eigenvalue weighted by Crippen LogP contribution is 2.37. The van der Waals surface area contributed by atoms with Crippen molar-refractivity contribution in [3.8, 4) is 28.4 Å². The second-order valence-corrected chi connectivity index (χ2v) is 26.8. The van der Waals surface area contributed by atoms with Gasteiger partial charge in [0.2, 0.25) is 17.7 Å². The fourth-order valence-electron chi connectivity index (χ4n) is 12.0. The van der Waals surface area contributed by atoms with E-state index in [1.54, 1.807) is 42.5 Å². The van der Waals surface area contributed by atoms with E-state index in [0.29, 0.717) is 30.4 Å². The molecule has 3 aliphatic heterocycles. The summed E-state index contributed by atoms with van der Waals surface area (Å²) in [5.41, 5.74) is 1.44. The zero-order valence-electron chi connectivity index (χ0n) is 62.0. The SMILES string of the molecule is CC(=O)O[C@@H]1C(COCCCC(=O)NCCNC(=O)COc2cc(C(=O)OCc3ccccc3)cc(-c3cc(OCC(=O)NCCNC(=O)CCCOC4O[C@@H](C)C(C)[C@H](C)[C@@H]4OC(C)=O)cc(OCC(=O)NCCNC(=O)CCCOC4O[C@@H](C)C(C)[C@H](C)[C@@H]4OC(C)=O)c3)c2)O[C@@H](C)C(C)[C@@H]1C. The molecule has 6 rings (SSSR count). The van der Waals surface area contributed by atoms with Gasteiger partial charge in [-0.15, -0.1) is 0 Å². The van der Waals surface area contributed by atoms with Gasteiger partial charge in [0.25, 0.3) is 17.7 Å². The van der Waals surface area contributed by atoms with Crippen LogP contribution in [0, 0.1) is 35.5 Å². The molecule has 6 unspecified atom stereocenters. The average molecular weight is 1460 g/mol. The Hall–Kier alpha value is -8.48. The van der Waals surface area contributed by atoms with Gasteiger partial charge in [-0.1, -0.05) is 71.9 Å². The Morgan fingerprint density at radius 2 is 0.769 bits per heavy atom. The molecule has 0 saturated carbocycles. The van der Waals surface area contributed by atoms with Crippen molar-refractivity contribution in [1.82, 2.24) is 31.9 Å². The Morgan fingerprint density at radius 1 is 0.404 bits per heavy atom. The van der Waals surface area contributed by atoms with Gasteiger partial charge >= 0.3 is 23.9 Å². The minimum absolute atomic E-state index is 0.0125. The largest absolute Gasteiger partial charge is 0.484 e. The third kappa shape index (κ3) is 28.9. The normalized spacial score (nSPS) is 24.2. The van der Waals surface area contributed by atoms with Crippen LogP contribution in [-0.4, -0.2) is 200 Å². The molecule has 3 saturated heterocycles. The summed E-state index contributed by atoms with van der Waals surface area (Å²) in [5, 5.41) is 16.4. The highest BCUT2D eigenvalue weighted by molar-refractivity contribution is 5.92. The topological polar surface area (TPSA) is 363 Å². The molecule has 3 aliphatic rings. The first kappa shape index (κ1) is 84.5. The van der Waals surface area contributed by atoms with E-state index >= 15 is 0 Å². The molecule has 0 aliphatic carbocycles. The van der Waals surface area contributed by atoms with Gasteiger partial charge in [0.05, 0.1) is 43.7 Å². The number of amides is 6. The third-order valence-electron chi connectivity index (χ3n) is 18.8. The van der Waals surface area contributed by atoms with Gasteiger partial charge in [0, 0.05) is 110 Å². The lowest BCUT2D eigenvalue weighted by atomic mass is 9.82. The van der Waals surface area contributed by atoms with Crippen LogP contribution in [0.4, 0.5) is 0 Å². The van der Waals surface area contributed by atoms with Gasteiger partial charge < -0.3 is 93.5 Å². The van der Waals surface area contributed by atoms with Crippen molar-refractivity contribution in [2.45, 2.75) is 184 Å². The van der Waals surface area contributed by atoms with Crippen molar-refractivity contribution in [2.75, 3.05) is 85.5 Å². The number of hydrogen-bond donors (Lipinski definition) is 6. The van der Waals surface area contributed by atoms with Crippen LogP contribution in [0.15, 0.2) is 66.7 Å². The summed E-state index contributed by atoms with van der Waals surface area (Å²) in [4.78, 5) is 127. The molecule has 6 N–H and O–H groups in total. The molecule has 0 aromatic heterocycles. The first-order chi connectivity index (χ1) is 49.6. The number of nitrogens with one attached hydrogen (secondary N) is 6. The van der Waals surface area contributed by atoms with Crippen LogP contribution in [0.5, 0.6) is 17.2 Å². The minimum atomic E-state index is -0.775. The van der Waals surface area contributed by atoms with Crippen LogP contribution in [-0.2, 0) is 97.1 Å². The first-order valence-electron chi connectivity index (χ1n) is 35.9. The van der Waals surface area contributed by atoms with Crippen LogP contribution >= 0.6 is 0 Å². The average Bonchev–Trinajstić information content (AvgIpc) is 0.834. The maximum atomic E-state index is 13.8. The molecule has 3 fully saturated rings. The van der Waals surface area contributed by atoms with Crippen LogP contribution < -0.4 is 46.1 Å². The zero-order chi connectivity index (χ0) is 75.8. The molecule has 0 bridgehead atoms. The highest BCUT2D eigenvalue weighted by Gasteiger charge is 2.45. The number of hydrogen-bond acceptors (Lipinski definition) is 23. The number of benzene rings is 3. The fourth-order valence-corrected chi connectivity index (χ4v) is 12.0. The number of esters is 4.